The molecule has 6 heteroatoms. The normalized spacial score (nSPS) is 20.8. The Morgan fingerprint density at radius 1 is 1.39 bits per heavy atom. The molecule has 0 bridgehead atoms. The predicted molar refractivity (Wildman–Crippen MR) is 86.0 cm³/mol. The van der Waals surface area contributed by atoms with E-state index in [0.717, 1.165) is 31.2 Å². The number of nitrogens with one attached hydrogen (secondary N) is 2. The van der Waals surface area contributed by atoms with E-state index in [-0.39, 0.29) is 30.3 Å². The minimum atomic E-state index is -0.394. The number of aliphatic hydroxyl groups is 1. The van der Waals surface area contributed by atoms with Crippen LogP contribution in [0.1, 0.15) is 31.2 Å². The van der Waals surface area contributed by atoms with Gasteiger partial charge in [-0.3, -0.25) is 0 Å². The number of ether oxygens (including phenoxy) is 1. The number of carbonyl (C=O) groups excluding carboxylic acids is 1. The van der Waals surface area contributed by atoms with Crippen molar-refractivity contribution in [1.29, 1.82) is 0 Å². The molecule has 2 unspecified atom stereocenters. The Morgan fingerprint density at radius 2 is 2.17 bits per heavy atom. The zero-order valence-corrected chi connectivity index (χ0v) is 13.5. The van der Waals surface area contributed by atoms with Gasteiger partial charge < -0.3 is 20.5 Å². The predicted octanol–water partition coefficient (Wildman–Crippen LogP) is 2.23. The van der Waals surface area contributed by atoms with Gasteiger partial charge in [0.25, 0.3) is 0 Å². The molecule has 1 aliphatic rings. The molecular formula is C17H25FN2O3. The molecule has 0 aromatic heterocycles. The number of aliphatic hydroxyl groups excluding tert-OH is 1. The van der Waals surface area contributed by atoms with Gasteiger partial charge in [-0.25, -0.2) is 9.18 Å². The van der Waals surface area contributed by atoms with Crippen molar-refractivity contribution in [2.45, 2.75) is 38.1 Å². The molecule has 5 nitrogen and oxygen atoms in total. The fraction of sp³-hybridized carbons (Fsp3) is 0.588. The molecule has 3 N–H and O–H groups in total. The number of amides is 2. The molecule has 0 radical (unpaired) electrons. The van der Waals surface area contributed by atoms with Crippen LogP contribution in [0.25, 0.3) is 0 Å². The zero-order valence-electron chi connectivity index (χ0n) is 13.5. The highest BCUT2D eigenvalue weighted by molar-refractivity contribution is 5.74. The van der Waals surface area contributed by atoms with Crippen molar-refractivity contribution >= 4 is 6.03 Å². The van der Waals surface area contributed by atoms with E-state index in [1.807, 2.05) is 0 Å². The quantitative estimate of drug-likeness (QED) is 0.751. The number of hydrogen-bond acceptors (Lipinski definition) is 3. The van der Waals surface area contributed by atoms with Crippen molar-refractivity contribution in [3.05, 3.63) is 29.6 Å². The number of urea groups is 1. The largest absolute Gasteiger partial charge is 0.494 e. The van der Waals surface area contributed by atoms with E-state index in [9.17, 15) is 14.3 Å². The maximum Gasteiger partial charge on any atom is 0.315 e. The maximum absolute atomic E-state index is 13.3. The molecule has 1 aromatic rings. The molecule has 2 rings (SSSR count). The Labute approximate surface area is 136 Å². The Hall–Kier alpha value is -1.82. The molecule has 0 heterocycles. The highest BCUT2D eigenvalue weighted by atomic mass is 19.1. The van der Waals surface area contributed by atoms with Crippen LogP contribution in [0.4, 0.5) is 9.18 Å². The van der Waals surface area contributed by atoms with E-state index in [2.05, 4.69) is 10.6 Å². The Balaban J connectivity index is 1.76. The molecule has 1 aromatic carbocycles. The summed E-state index contributed by atoms with van der Waals surface area (Å²) in [5.41, 5.74) is 0.898. The third-order valence-corrected chi connectivity index (χ3v) is 4.37. The maximum atomic E-state index is 13.3. The summed E-state index contributed by atoms with van der Waals surface area (Å²) in [4.78, 5) is 12.0. The first-order chi connectivity index (χ1) is 11.1. The van der Waals surface area contributed by atoms with Crippen molar-refractivity contribution in [2.75, 3.05) is 20.3 Å². The molecule has 2 atom stereocenters. The summed E-state index contributed by atoms with van der Waals surface area (Å²) < 4.78 is 18.3. The van der Waals surface area contributed by atoms with Crippen molar-refractivity contribution in [3.63, 3.8) is 0 Å². The van der Waals surface area contributed by atoms with Gasteiger partial charge in [-0.05, 0) is 37.0 Å². The molecule has 23 heavy (non-hydrogen) atoms. The molecule has 1 fully saturated rings. The summed E-state index contributed by atoms with van der Waals surface area (Å²) in [7, 11) is 1.43. The first-order valence-electron chi connectivity index (χ1n) is 8.11. The number of rotatable bonds is 6. The highest BCUT2D eigenvalue weighted by Crippen LogP contribution is 2.23. The fourth-order valence-corrected chi connectivity index (χ4v) is 3.02. The highest BCUT2D eigenvalue weighted by Gasteiger charge is 2.25. The number of carbonyl (C=O) groups is 1. The van der Waals surface area contributed by atoms with Gasteiger partial charge in [0.1, 0.15) is 0 Å². The topological polar surface area (TPSA) is 70.6 Å². The van der Waals surface area contributed by atoms with E-state index in [0.29, 0.717) is 13.0 Å². The van der Waals surface area contributed by atoms with Crippen LogP contribution in [-0.4, -0.2) is 37.4 Å². The Kier molecular flexibility index (Phi) is 6.65. The van der Waals surface area contributed by atoms with Gasteiger partial charge in [-0.1, -0.05) is 18.9 Å². The smallest absolute Gasteiger partial charge is 0.315 e. The van der Waals surface area contributed by atoms with Crippen LogP contribution in [0.3, 0.4) is 0 Å². The van der Waals surface area contributed by atoms with E-state index in [4.69, 9.17) is 4.74 Å². The summed E-state index contributed by atoms with van der Waals surface area (Å²) >= 11 is 0. The van der Waals surface area contributed by atoms with Gasteiger partial charge in [-0.15, -0.1) is 0 Å². The molecule has 0 spiro atoms. The summed E-state index contributed by atoms with van der Waals surface area (Å²) in [6.45, 7) is 0.567. The number of benzene rings is 1. The van der Waals surface area contributed by atoms with Crippen LogP contribution in [0.5, 0.6) is 5.75 Å². The van der Waals surface area contributed by atoms with Gasteiger partial charge in [0.05, 0.1) is 7.11 Å². The van der Waals surface area contributed by atoms with Crippen LogP contribution in [-0.2, 0) is 6.42 Å². The first-order valence-corrected chi connectivity index (χ1v) is 8.11. The molecule has 2 amide bonds. The van der Waals surface area contributed by atoms with Gasteiger partial charge >= 0.3 is 6.03 Å². The second-order valence-corrected chi connectivity index (χ2v) is 5.95. The van der Waals surface area contributed by atoms with E-state index < -0.39 is 5.82 Å². The van der Waals surface area contributed by atoms with Gasteiger partial charge in [0.15, 0.2) is 11.6 Å². The second-order valence-electron chi connectivity index (χ2n) is 5.95. The van der Waals surface area contributed by atoms with E-state index in [1.54, 1.807) is 12.1 Å². The zero-order chi connectivity index (χ0) is 16.7. The average Bonchev–Trinajstić information content (AvgIpc) is 2.57. The second kappa shape index (κ2) is 8.72. The van der Waals surface area contributed by atoms with Crippen molar-refractivity contribution in [3.8, 4) is 5.75 Å². The van der Waals surface area contributed by atoms with Crippen LogP contribution in [0.2, 0.25) is 0 Å². The van der Waals surface area contributed by atoms with Gasteiger partial charge in [0, 0.05) is 25.1 Å². The molecule has 1 saturated carbocycles. The van der Waals surface area contributed by atoms with Crippen LogP contribution in [0, 0.1) is 11.7 Å². The molecule has 1 aliphatic carbocycles. The van der Waals surface area contributed by atoms with Crippen molar-refractivity contribution < 1.29 is 19.0 Å². The van der Waals surface area contributed by atoms with Gasteiger partial charge in [0.2, 0.25) is 0 Å². The summed E-state index contributed by atoms with van der Waals surface area (Å²) in [5, 5.41) is 15.1. The number of methoxy groups -OCH3 is 1. The minimum Gasteiger partial charge on any atom is -0.494 e. The third-order valence-electron chi connectivity index (χ3n) is 4.37. The lowest BCUT2D eigenvalue weighted by atomic mass is 9.85. The van der Waals surface area contributed by atoms with Crippen LogP contribution < -0.4 is 15.4 Å². The first kappa shape index (κ1) is 17.5. The van der Waals surface area contributed by atoms with Gasteiger partial charge in [-0.2, -0.15) is 0 Å². The minimum absolute atomic E-state index is 0.0414. The lowest BCUT2D eigenvalue weighted by Crippen LogP contribution is -2.48. The van der Waals surface area contributed by atoms with Crippen LogP contribution >= 0.6 is 0 Å². The monoisotopic (exact) mass is 324 g/mol. The lowest BCUT2D eigenvalue weighted by Gasteiger charge is -2.30. The molecule has 0 aliphatic heterocycles. The fourth-order valence-electron chi connectivity index (χ4n) is 3.02. The summed E-state index contributed by atoms with van der Waals surface area (Å²) in [6.07, 6.45) is 4.65. The standard InChI is InChI=1S/C17H25FN2O3/c1-23-16-10-12(6-7-14(16)18)8-9-19-17(22)20-15-5-3-2-4-13(15)11-21/h6-7,10,13,15,21H,2-5,8-9,11H2,1H3,(H2,19,20,22). The molecular weight excluding hydrogens is 299 g/mol. The van der Waals surface area contributed by atoms with Crippen LogP contribution in [0.15, 0.2) is 18.2 Å². The summed E-state index contributed by atoms with van der Waals surface area (Å²) in [5.74, 6) is -0.0369. The lowest BCUT2D eigenvalue weighted by molar-refractivity contribution is 0.154. The van der Waals surface area contributed by atoms with Crippen molar-refractivity contribution in [1.82, 2.24) is 10.6 Å². The summed E-state index contributed by atoms with van der Waals surface area (Å²) in [6, 6.07) is 4.50. The Morgan fingerprint density at radius 3 is 2.91 bits per heavy atom. The Bertz CT molecular complexity index is 525. The number of hydrogen-bond donors (Lipinski definition) is 3. The van der Waals surface area contributed by atoms with E-state index >= 15 is 0 Å². The van der Waals surface area contributed by atoms with Crippen molar-refractivity contribution in [2.24, 2.45) is 5.92 Å². The average molecular weight is 324 g/mol. The van der Waals surface area contributed by atoms with E-state index in [1.165, 1.54) is 13.2 Å². The SMILES string of the molecule is COc1cc(CCNC(=O)NC2CCCCC2CO)ccc1F. The molecule has 128 valence electrons. The molecule has 0 saturated heterocycles. The number of halogens is 1. The third kappa shape index (κ3) is 5.10.